The van der Waals surface area contributed by atoms with Crippen LogP contribution in [0.2, 0.25) is 0 Å². The first-order valence-corrected chi connectivity index (χ1v) is 5.11. The minimum Gasteiger partial charge on any atom is -0.370 e. The molecule has 1 N–H and O–H groups in total. The van der Waals surface area contributed by atoms with Gasteiger partial charge >= 0.3 is 0 Å². The third-order valence-corrected chi connectivity index (χ3v) is 2.71. The van der Waals surface area contributed by atoms with Gasteiger partial charge in [-0.15, -0.1) is 0 Å². The number of aromatic nitrogens is 1. The SMILES string of the molecule is Cc1cc(N2CCCC2)c(C#N)c(=O)[nH]1. The fourth-order valence-corrected chi connectivity index (χ4v) is 1.99. The maximum atomic E-state index is 11.5. The molecular formula is C11H13N3O. The summed E-state index contributed by atoms with van der Waals surface area (Å²) in [5, 5.41) is 8.95. The monoisotopic (exact) mass is 203 g/mol. The molecule has 0 saturated carbocycles. The van der Waals surface area contributed by atoms with Crippen molar-refractivity contribution in [2.24, 2.45) is 0 Å². The van der Waals surface area contributed by atoms with Crippen molar-refractivity contribution in [2.45, 2.75) is 19.8 Å². The fraction of sp³-hybridized carbons (Fsp3) is 0.455. The van der Waals surface area contributed by atoms with Crippen LogP contribution >= 0.6 is 0 Å². The van der Waals surface area contributed by atoms with Crippen LogP contribution in [0.3, 0.4) is 0 Å². The molecule has 1 fully saturated rings. The number of nitriles is 1. The molecule has 2 heterocycles. The quantitative estimate of drug-likeness (QED) is 0.745. The molecule has 0 radical (unpaired) electrons. The van der Waals surface area contributed by atoms with Crippen molar-refractivity contribution in [1.82, 2.24) is 4.98 Å². The Morgan fingerprint density at radius 2 is 2.13 bits per heavy atom. The highest BCUT2D eigenvalue weighted by Gasteiger charge is 2.18. The van der Waals surface area contributed by atoms with Crippen LogP contribution in [0, 0.1) is 18.3 Å². The highest BCUT2D eigenvalue weighted by atomic mass is 16.1. The van der Waals surface area contributed by atoms with Gasteiger partial charge in [-0.25, -0.2) is 0 Å². The number of hydrogen-bond acceptors (Lipinski definition) is 3. The molecule has 2 rings (SSSR count). The van der Waals surface area contributed by atoms with Gasteiger partial charge in [0.25, 0.3) is 5.56 Å². The minimum absolute atomic E-state index is 0.238. The fourth-order valence-electron chi connectivity index (χ4n) is 1.99. The highest BCUT2D eigenvalue weighted by Crippen LogP contribution is 2.22. The molecule has 0 aromatic carbocycles. The smallest absolute Gasteiger partial charge is 0.268 e. The zero-order valence-corrected chi connectivity index (χ0v) is 8.71. The van der Waals surface area contributed by atoms with Gasteiger partial charge in [0, 0.05) is 18.8 Å². The zero-order chi connectivity index (χ0) is 10.8. The van der Waals surface area contributed by atoms with Crippen LogP contribution in [0.4, 0.5) is 5.69 Å². The zero-order valence-electron chi connectivity index (χ0n) is 8.71. The lowest BCUT2D eigenvalue weighted by molar-refractivity contribution is 0.949. The highest BCUT2D eigenvalue weighted by molar-refractivity contribution is 5.59. The second-order valence-corrected chi connectivity index (χ2v) is 3.85. The molecule has 1 aromatic rings. The summed E-state index contributed by atoms with van der Waals surface area (Å²) in [6.45, 7) is 3.72. The Balaban J connectivity index is 2.54. The maximum absolute atomic E-state index is 11.5. The van der Waals surface area contributed by atoms with Gasteiger partial charge in [0.05, 0.1) is 5.69 Å². The lowest BCUT2D eigenvalue weighted by Crippen LogP contribution is -2.23. The second kappa shape index (κ2) is 3.77. The van der Waals surface area contributed by atoms with Crippen molar-refractivity contribution in [1.29, 1.82) is 5.26 Å². The standard InChI is InChI=1S/C11H13N3O/c1-8-6-10(14-4-2-3-5-14)9(7-12)11(15)13-8/h6H,2-5H2,1H3,(H,13,15). The van der Waals surface area contributed by atoms with E-state index in [1.54, 1.807) is 0 Å². The molecule has 78 valence electrons. The Bertz CT molecular complexity index is 464. The summed E-state index contributed by atoms with van der Waals surface area (Å²) in [6, 6.07) is 3.86. The number of H-pyrrole nitrogens is 1. The van der Waals surface area contributed by atoms with E-state index < -0.39 is 0 Å². The third-order valence-electron chi connectivity index (χ3n) is 2.71. The van der Waals surface area contributed by atoms with Gasteiger partial charge in [0.2, 0.25) is 0 Å². The molecule has 0 bridgehead atoms. The lowest BCUT2D eigenvalue weighted by Gasteiger charge is -2.18. The van der Waals surface area contributed by atoms with E-state index in [0.717, 1.165) is 37.3 Å². The van der Waals surface area contributed by atoms with E-state index in [2.05, 4.69) is 9.88 Å². The molecule has 4 heteroatoms. The average molecular weight is 203 g/mol. The molecule has 1 aliphatic heterocycles. The minimum atomic E-state index is -0.278. The van der Waals surface area contributed by atoms with Gasteiger partial charge < -0.3 is 9.88 Å². The van der Waals surface area contributed by atoms with Crippen molar-refractivity contribution in [2.75, 3.05) is 18.0 Å². The predicted molar refractivity (Wildman–Crippen MR) is 58.0 cm³/mol. The number of aryl methyl sites for hydroxylation is 1. The number of pyridine rings is 1. The van der Waals surface area contributed by atoms with E-state index in [0.29, 0.717) is 0 Å². The van der Waals surface area contributed by atoms with E-state index in [-0.39, 0.29) is 11.1 Å². The second-order valence-electron chi connectivity index (χ2n) is 3.85. The molecule has 0 unspecified atom stereocenters. The predicted octanol–water partition coefficient (Wildman–Crippen LogP) is 1.16. The van der Waals surface area contributed by atoms with Gasteiger partial charge in [0.15, 0.2) is 0 Å². The summed E-state index contributed by atoms with van der Waals surface area (Å²) in [4.78, 5) is 16.3. The summed E-state index contributed by atoms with van der Waals surface area (Å²) in [5.41, 5.74) is 1.55. The first-order chi connectivity index (χ1) is 7.22. The van der Waals surface area contributed by atoms with E-state index in [1.165, 1.54) is 0 Å². The Kier molecular flexibility index (Phi) is 2.46. The Hall–Kier alpha value is -1.76. The van der Waals surface area contributed by atoms with Gasteiger partial charge in [-0.05, 0) is 25.8 Å². The molecule has 0 amide bonds. The topological polar surface area (TPSA) is 59.9 Å². The van der Waals surface area contributed by atoms with Gasteiger partial charge in [-0.2, -0.15) is 5.26 Å². The summed E-state index contributed by atoms with van der Waals surface area (Å²) < 4.78 is 0. The number of rotatable bonds is 1. The normalized spacial score (nSPS) is 15.3. The van der Waals surface area contributed by atoms with E-state index in [1.807, 2.05) is 19.1 Å². The van der Waals surface area contributed by atoms with Crippen molar-refractivity contribution < 1.29 is 0 Å². The van der Waals surface area contributed by atoms with Crippen LogP contribution in [0.5, 0.6) is 0 Å². The van der Waals surface area contributed by atoms with E-state index >= 15 is 0 Å². The number of aromatic amines is 1. The first kappa shape index (κ1) is 9.78. The van der Waals surface area contributed by atoms with Crippen molar-refractivity contribution in [3.05, 3.63) is 27.7 Å². The largest absolute Gasteiger partial charge is 0.370 e. The Labute approximate surface area is 88.1 Å². The Morgan fingerprint density at radius 3 is 2.73 bits per heavy atom. The molecule has 1 saturated heterocycles. The van der Waals surface area contributed by atoms with Crippen molar-refractivity contribution in [3.63, 3.8) is 0 Å². The lowest BCUT2D eigenvalue weighted by atomic mass is 10.2. The molecule has 1 aliphatic rings. The third kappa shape index (κ3) is 1.73. The maximum Gasteiger partial charge on any atom is 0.268 e. The molecule has 4 nitrogen and oxygen atoms in total. The molecular weight excluding hydrogens is 190 g/mol. The van der Waals surface area contributed by atoms with Crippen molar-refractivity contribution in [3.8, 4) is 6.07 Å². The van der Waals surface area contributed by atoms with Crippen molar-refractivity contribution >= 4 is 5.69 Å². The number of hydrogen-bond donors (Lipinski definition) is 1. The number of nitrogens with zero attached hydrogens (tertiary/aromatic N) is 2. The Morgan fingerprint density at radius 1 is 1.47 bits per heavy atom. The van der Waals surface area contributed by atoms with E-state index in [4.69, 9.17) is 5.26 Å². The van der Waals surface area contributed by atoms with Crippen LogP contribution in [-0.2, 0) is 0 Å². The summed E-state index contributed by atoms with van der Waals surface area (Å²) in [5.74, 6) is 0. The van der Waals surface area contributed by atoms with Crippen LogP contribution in [0.25, 0.3) is 0 Å². The van der Waals surface area contributed by atoms with Crippen LogP contribution in [-0.4, -0.2) is 18.1 Å². The summed E-state index contributed by atoms with van der Waals surface area (Å²) in [7, 11) is 0. The molecule has 15 heavy (non-hydrogen) atoms. The molecule has 0 aliphatic carbocycles. The average Bonchev–Trinajstić information content (AvgIpc) is 2.69. The summed E-state index contributed by atoms with van der Waals surface area (Å²) in [6.07, 6.45) is 2.27. The molecule has 0 spiro atoms. The molecule has 1 aromatic heterocycles. The van der Waals surface area contributed by atoms with Gasteiger partial charge in [0.1, 0.15) is 11.6 Å². The summed E-state index contributed by atoms with van der Waals surface area (Å²) >= 11 is 0. The molecule has 0 atom stereocenters. The number of anilines is 1. The van der Waals surface area contributed by atoms with Crippen LogP contribution in [0.15, 0.2) is 10.9 Å². The van der Waals surface area contributed by atoms with Gasteiger partial charge in [-0.1, -0.05) is 0 Å². The van der Waals surface area contributed by atoms with E-state index in [9.17, 15) is 4.79 Å². The van der Waals surface area contributed by atoms with Crippen LogP contribution < -0.4 is 10.5 Å². The number of nitrogens with one attached hydrogen (secondary N) is 1. The first-order valence-electron chi connectivity index (χ1n) is 5.11. The van der Waals surface area contributed by atoms with Gasteiger partial charge in [-0.3, -0.25) is 4.79 Å². The van der Waals surface area contributed by atoms with Crippen LogP contribution in [0.1, 0.15) is 24.1 Å².